The zero-order chi connectivity index (χ0) is 21.5. The van der Waals surface area contributed by atoms with E-state index in [0.29, 0.717) is 22.6 Å². The summed E-state index contributed by atoms with van der Waals surface area (Å²) in [7, 11) is 0. The molecular weight excluding hydrogens is 374 g/mol. The van der Waals surface area contributed by atoms with E-state index in [-0.39, 0.29) is 6.03 Å². The lowest BCUT2D eigenvalue weighted by molar-refractivity contribution is 0.0373. The number of anilines is 2. The molecule has 3 aromatic carbocycles. The van der Waals surface area contributed by atoms with Crippen molar-refractivity contribution in [2.45, 2.75) is 32.5 Å². The maximum Gasteiger partial charge on any atom is 0.332 e. The number of aliphatic hydroxyl groups is 1. The van der Waals surface area contributed by atoms with Crippen molar-refractivity contribution < 1.29 is 9.90 Å². The van der Waals surface area contributed by atoms with Crippen molar-refractivity contribution in [3.63, 3.8) is 0 Å². The Labute approximate surface area is 176 Å². The fourth-order valence-corrected chi connectivity index (χ4v) is 4.00. The molecule has 30 heavy (non-hydrogen) atoms. The van der Waals surface area contributed by atoms with Crippen LogP contribution in [0.15, 0.2) is 72.8 Å². The van der Waals surface area contributed by atoms with Gasteiger partial charge in [-0.05, 0) is 56.7 Å². The van der Waals surface area contributed by atoms with E-state index in [4.69, 9.17) is 6.57 Å². The van der Waals surface area contributed by atoms with Gasteiger partial charge in [0.1, 0.15) is 0 Å². The molecule has 1 aliphatic heterocycles. The van der Waals surface area contributed by atoms with Crippen LogP contribution < -0.4 is 9.80 Å². The molecule has 1 N–H and O–H groups in total. The lowest BCUT2D eigenvalue weighted by Crippen LogP contribution is -2.48. The van der Waals surface area contributed by atoms with Gasteiger partial charge < -0.3 is 5.11 Å². The Hall–Kier alpha value is -3.62. The third-order valence-electron chi connectivity index (χ3n) is 5.71. The molecular formula is C25H23N3O2. The van der Waals surface area contributed by atoms with Crippen LogP contribution in [-0.4, -0.2) is 17.2 Å². The van der Waals surface area contributed by atoms with E-state index in [1.807, 2.05) is 69.3 Å². The average molecular weight is 397 g/mol. The molecule has 5 nitrogen and oxygen atoms in total. The van der Waals surface area contributed by atoms with Gasteiger partial charge in [0.15, 0.2) is 11.4 Å². The summed E-state index contributed by atoms with van der Waals surface area (Å²) in [6.45, 7) is 13.1. The summed E-state index contributed by atoms with van der Waals surface area (Å²) in [6, 6.07) is 21.1. The molecule has 1 aliphatic rings. The monoisotopic (exact) mass is 397 g/mol. The minimum atomic E-state index is -1.64. The Bertz CT molecular complexity index is 1130. The van der Waals surface area contributed by atoms with Crippen LogP contribution >= 0.6 is 0 Å². The normalized spacial score (nSPS) is 21.0. The molecule has 0 saturated carbocycles. The predicted molar refractivity (Wildman–Crippen MR) is 119 cm³/mol. The van der Waals surface area contributed by atoms with Crippen LogP contribution in [0.1, 0.15) is 23.6 Å². The number of aryl methyl sites for hydroxylation is 2. The van der Waals surface area contributed by atoms with Gasteiger partial charge in [-0.25, -0.2) is 9.64 Å². The number of carbonyl (C=O) groups is 1. The molecule has 1 fully saturated rings. The summed E-state index contributed by atoms with van der Waals surface area (Å²) < 4.78 is 0. The van der Waals surface area contributed by atoms with E-state index in [2.05, 4.69) is 4.85 Å². The molecule has 3 aromatic rings. The minimum absolute atomic E-state index is 0.314. The number of hydrogen-bond acceptors (Lipinski definition) is 2. The summed E-state index contributed by atoms with van der Waals surface area (Å²) >= 11 is 0. The minimum Gasteiger partial charge on any atom is -0.365 e. The standard InChI is InChI=1S/C25H23N3O2/c1-17-8-12-22(13-9-17)27-19(3)25(30,20-6-5-7-21(16-20)26-4)28(24(27)29)23-14-10-18(2)11-15-23/h5-16,19,30H,1-3H3. The highest BCUT2D eigenvalue weighted by molar-refractivity contribution is 6.08. The van der Waals surface area contributed by atoms with Crippen molar-refractivity contribution in [1.82, 2.24) is 0 Å². The fraction of sp³-hybridized carbons (Fsp3) is 0.200. The number of amides is 2. The third kappa shape index (κ3) is 3.02. The van der Waals surface area contributed by atoms with Gasteiger partial charge in [0.2, 0.25) is 0 Å². The number of carbonyl (C=O) groups excluding carboxylic acids is 1. The van der Waals surface area contributed by atoms with Crippen LogP contribution in [0.5, 0.6) is 0 Å². The zero-order valence-electron chi connectivity index (χ0n) is 17.2. The van der Waals surface area contributed by atoms with Crippen LogP contribution in [0.25, 0.3) is 4.85 Å². The summed E-state index contributed by atoms with van der Waals surface area (Å²) in [5.41, 5.74) is 2.75. The quantitative estimate of drug-likeness (QED) is 0.590. The number of nitrogens with zero attached hydrogens (tertiary/aromatic N) is 3. The Morgan fingerprint density at radius 2 is 1.50 bits per heavy atom. The average Bonchev–Trinajstić information content (AvgIpc) is 2.96. The topological polar surface area (TPSA) is 48.1 Å². The summed E-state index contributed by atoms with van der Waals surface area (Å²) in [6.07, 6.45) is 0. The predicted octanol–water partition coefficient (Wildman–Crippen LogP) is 5.53. The van der Waals surface area contributed by atoms with E-state index < -0.39 is 11.8 Å². The lowest BCUT2D eigenvalue weighted by Gasteiger charge is -2.36. The Kier molecular flexibility index (Phi) is 4.81. The molecule has 2 unspecified atom stereocenters. The molecule has 0 aliphatic carbocycles. The van der Waals surface area contributed by atoms with E-state index in [1.165, 1.54) is 4.90 Å². The molecule has 4 rings (SSSR count). The first kappa shape index (κ1) is 19.7. The maximum atomic E-state index is 13.7. The number of benzene rings is 3. The number of hydrogen-bond donors (Lipinski definition) is 1. The zero-order valence-corrected chi connectivity index (χ0v) is 17.2. The Morgan fingerprint density at radius 3 is 2.07 bits per heavy atom. The molecule has 0 bridgehead atoms. The van der Waals surface area contributed by atoms with Gasteiger partial charge in [-0.2, -0.15) is 0 Å². The smallest absolute Gasteiger partial charge is 0.332 e. The van der Waals surface area contributed by atoms with Crippen LogP contribution in [0.4, 0.5) is 21.9 Å². The van der Waals surface area contributed by atoms with Gasteiger partial charge >= 0.3 is 6.03 Å². The van der Waals surface area contributed by atoms with Crippen molar-refractivity contribution in [2.24, 2.45) is 0 Å². The SMILES string of the molecule is [C-]#[N+]c1cccc(C2(O)C(C)N(c3ccc(C)cc3)C(=O)N2c2ccc(C)cc2)c1. The molecule has 2 amide bonds. The van der Waals surface area contributed by atoms with Gasteiger partial charge in [0, 0.05) is 11.4 Å². The summed E-state index contributed by atoms with van der Waals surface area (Å²) in [4.78, 5) is 20.2. The highest BCUT2D eigenvalue weighted by Gasteiger charge is 2.56. The molecule has 150 valence electrons. The van der Waals surface area contributed by atoms with Gasteiger partial charge in [-0.3, -0.25) is 9.80 Å². The second-order valence-electron chi connectivity index (χ2n) is 7.72. The van der Waals surface area contributed by atoms with Crippen molar-refractivity contribution in [3.05, 3.63) is 101 Å². The van der Waals surface area contributed by atoms with Gasteiger partial charge in [0.25, 0.3) is 0 Å². The second-order valence-corrected chi connectivity index (χ2v) is 7.72. The van der Waals surface area contributed by atoms with E-state index >= 15 is 0 Å². The van der Waals surface area contributed by atoms with Crippen molar-refractivity contribution in [1.29, 1.82) is 0 Å². The highest BCUT2D eigenvalue weighted by Crippen LogP contribution is 2.45. The molecule has 2 atom stereocenters. The number of rotatable bonds is 3. The van der Waals surface area contributed by atoms with Gasteiger partial charge in [-0.15, -0.1) is 0 Å². The van der Waals surface area contributed by atoms with E-state index in [0.717, 1.165) is 11.1 Å². The van der Waals surface area contributed by atoms with Crippen LogP contribution in [0.2, 0.25) is 0 Å². The summed E-state index contributed by atoms with van der Waals surface area (Å²) in [5, 5.41) is 12.1. The van der Waals surface area contributed by atoms with E-state index in [9.17, 15) is 9.90 Å². The van der Waals surface area contributed by atoms with Crippen molar-refractivity contribution >= 4 is 23.1 Å². The highest BCUT2D eigenvalue weighted by atomic mass is 16.3. The third-order valence-corrected chi connectivity index (χ3v) is 5.71. The molecule has 0 aromatic heterocycles. The van der Waals surface area contributed by atoms with Gasteiger partial charge in [-0.1, -0.05) is 53.6 Å². The molecule has 5 heteroatoms. The number of urea groups is 1. The first-order valence-electron chi connectivity index (χ1n) is 9.83. The van der Waals surface area contributed by atoms with Crippen LogP contribution in [-0.2, 0) is 5.72 Å². The Balaban J connectivity index is 1.91. The first-order valence-corrected chi connectivity index (χ1v) is 9.83. The maximum absolute atomic E-state index is 13.7. The molecule has 0 radical (unpaired) electrons. The molecule has 1 saturated heterocycles. The fourth-order valence-electron chi connectivity index (χ4n) is 4.00. The van der Waals surface area contributed by atoms with E-state index in [1.54, 1.807) is 29.2 Å². The van der Waals surface area contributed by atoms with Crippen molar-refractivity contribution in [2.75, 3.05) is 9.80 Å². The Morgan fingerprint density at radius 1 is 0.933 bits per heavy atom. The van der Waals surface area contributed by atoms with Crippen LogP contribution in [0, 0.1) is 20.4 Å². The molecule has 1 heterocycles. The molecule has 0 spiro atoms. The first-order chi connectivity index (χ1) is 14.4. The van der Waals surface area contributed by atoms with Crippen LogP contribution in [0.3, 0.4) is 0 Å². The summed E-state index contributed by atoms with van der Waals surface area (Å²) in [5.74, 6) is 0. The lowest BCUT2D eigenvalue weighted by atomic mass is 9.94. The second kappa shape index (κ2) is 7.33. The van der Waals surface area contributed by atoms with Crippen molar-refractivity contribution in [3.8, 4) is 0 Å². The largest absolute Gasteiger partial charge is 0.365 e. The van der Waals surface area contributed by atoms with Gasteiger partial charge in [0.05, 0.1) is 12.6 Å².